The first-order valence-electron chi connectivity index (χ1n) is 7.98. The maximum absolute atomic E-state index is 5.99. The Morgan fingerprint density at radius 3 is 2.84 bits per heavy atom. The Morgan fingerprint density at radius 2 is 2.16 bits per heavy atom. The van der Waals surface area contributed by atoms with Crippen molar-refractivity contribution in [1.82, 2.24) is 9.55 Å². The van der Waals surface area contributed by atoms with E-state index in [4.69, 9.17) is 5.73 Å². The zero-order valence-electron chi connectivity index (χ0n) is 12.5. The molecule has 2 rings (SSSR count). The van der Waals surface area contributed by atoms with Crippen LogP contribution in [0.1, 0.15) is 51.8 Å². The fourth-order valence-corrected chi connectivity index (χ4v) is 3.71. The Bertz CT molecular complexity index is 372. The minimum atomic E-state index is 0.704. The Hall–Kier alpha value is -0.830. The van der Waals surface area contributed by atoms with Crippen LogP contribution in [0.15, 0.2) is 12.4 Å². The lowest BCUT2D eigenvalue weighted by Gasteiger charge is -2.35. The van der Waals surface area contributed by atoms with E-state index in [-0.39, 0.29) is 0 Å². The predicted octanol–water partition coefficient (Wildman–Crippen LogP) is 3.24. The number of imidazole rings is 1. The fourth-order valence-electron chi connectivity index (χ4n) is 3.71. The third-order valence-corrected chi connectivity index (χ3v) is 4.84. The lowest BCUT2D eigenvalue weighted by molar-refractivity contribution is 0.173. The Kier molecular flexibility index (Phi) is 5.44. The number of aryl methyl sites for hydroxylation is 1. The fraction of sp³-hybridized carbons (Fsp3) is 0.812. The average Bonchev–Trinajstić information content (AvgIpc) is 2.87. The lowest BCUT2D eigenvalue weighted by atomic mass is 9.71. The maximum atomic E-state index is 5.99. The van der Waals surface area contributed by atoms with E-state index < -0.39 is 0 Å². The van der Waals surface area contributed by atoms with E-state index in [0.29, 0.717) is 5.92 Å². The molecule has 1 aromatic heterocycles. The van der Waals surface area contributed by atoms with Gasteiger partial charge in [0, 0.05) is 25.4 Å². The highest BCUT2D eigenvalue weighted by Crippen LogP contribution is 2.37. The van der Waals surface area contributed by atoms with Crippen molar-refractivity contribution < 1.29 is 0 Å². The summed E-state index contributed by atoms with van der Waals surface area (Å²) in [4.78, 5) is 4.54. The van der Waals surface area contributed by atoms with Crippen molar-refractivity contribution in [1.29, 1.82) is 0 Å². The van der Waals surface area contributed by atoms with E-state index in [2.05, 4.69) is 29.6 Å². The molecule has 1 heterocycles. The molecule has 2 N–H and O–H groups in total. The number of nitrogens with zero attached hydrogens (tertiary/aromatic N) is 2. The molecule has 0 amide bonds. The number of hydrogen-bond donors (Lipinski definition) is 1. The van der Waals surface area contributed by atoms with Gasteiger partial charge in [-0.25, -0.2) is 4.98 Å². The van der Waals surface area contributed by atoms with Crippen molar-refractivity contribution in [3.05, 3.63) is 18.2 Å². The van der Waals surface area contributed by atoms with Crippen molar-refractivity contribution in [3.63, 3.8) is 0 Å². The van der Waals surface area contributed by atoms with Gasteiger partial charge >= 0.3 is 0 Å². The molecule has 3 heteroatoms. The topological polar surface area (TPSA) is 43.8 Å². The van der Waals surface area contributed by atoms with Gasteiger partial charge in [0.25, 0.3) is 0 Å². The molecule has 3 atom stereocenters. The first-order chi connectivity index (χ1) is 9.28. The molecule has 1 aromatic rings. The van der Waals surface area contributed by atoms with Gasteiger partial charge in [-0.3, -0.25) is 0 Å². The molecule has 0 bridgehead atoms. The summed E-state index contributed by atoms with van der Waals surface area (Å²) in [5.74, 6) is 3.61. The molecule has 1 aliphatic rings. The third-order valence-electron chi connectivity index (χ3n) is 4.84. The minimum absolute atomic E-state index is 0.704. The number of rotatable bonds is 6. The van der Waals surface area contributed by atoms with Gasteiger partial charge in [0.05, 0.1) is 0 Å². The summed E-state index contributed by atoms with van der Waals surface area (Å²) in [6.45, 7) is 6.35. The molecule has 1 fully saturated rings. The number of hydrogen-bond acceptors (Lipinski definition) is 2. The van der Waals surface area contributed by atoms with Gasteiger partial charge in [0.15, 0.2) is 0 Å². The molecule has 3 unspecified atom stereocenters. The van der Waals surface area contributed by atoms with E-state index in [9.17, 15) is 0 Å². The summed E-state index contributed by atoms with van der Waals surface area (Å²) in [5, 5.41) is 0. The molecule has 0 aliphatic heterocycles. The summed E-state index contributed by atoms with van der Waals surface area (Å²) in [6.07, 6.45) is 11.9. The summed E-state index contributed by atoms with van der Waals surface area (Å²) in [6, 6.07) is 0. The molecule has 0 saturated heterocycles. The second kappa shape index (κ2) is 7.09. The van der Waals surface area contributed by atoms with Crippen LogP contribution in [-0.2, 0) is 13.0 Å². The zero-order chi connectivity index (χ0) is 13.7. The second-order valence-electron chi connectivity index (χ2n) is 6.06. The Morgan fingerprint density at radius 1 is 1.32 bits per heavy atom. The SMILES string of the molecule is CCCC1CCC(CN)C(Cc2nccn2CC)C1. The maximum Gasteiger partial charge on any atom is 0.108 e. The molecule has 108 valence electrons. The largest absolute Gasteiger partial charge is 0.335 e. The van der Waals surface area contributed by atoms with Crippen LogP contribution >= 0.6 is 0 Å². The monoisotopic (exact) mass is 263 g/mol. The van der Waals surface area contributed by atoms with Crippen molar-refractivity contribution in [2.45, 2.75) is 58.9 Å². The minimum Gasteiger partial charge on any atom is -0.335 e. The lowest BCUT2D eigenvalue weighted by Crippen LogP contribution is -2.32. The van der Waals surface area contributed by atoms with Crippen LogP contribution in [0.5, 0.6) is 0 Å². The molecule has 1 aliphatic carbocycles. The van der Waals surface area contributed by atoms with Crippen LogP contribution in [0, 0.1) is 17.8 Å². The van der Waals surface area contributed by atoms with Crippen molar-refractivity contribution in [3.8, 4) is 0 Å². The van der Waals surface area contributed by atoms with Gasteiger partial charge in [-0.15, -0.1) is 0 Å². The van der Waals surface area contributed by atoms with E-state index in [1.54, 1.807) is 0 Å². The number of nitrogens with two attached hydrogens (primary N) is 1. The van der Waals surface area contributed by atoms with Gasteiger partial charge in [-0.05, 0) is 44.1 Å². The molecular weight excluding hydrogens is 234 g/mol. The zero-order valence-corrected chi connectivity index (χ0v) is 12.5. The molecular formula is C16H29N3. The van der Waals surface area contributed by atoms with Crippen LogP contribution in [0.4, 0.5) is 0 Å². The van der Waals surface area contributed by atoms with Crippen molar-refractivity contribution in [2.24, 2.45) is 23.5 Å². The van der Waals surface area contributed by atoms with E-state index >= 15 is 0 Å². The summed E-state index contributed by atoms with van der Waals surface area (Å²) in [7, 11) is 0. The van der Waals surface area contributed by atoms with Crippen molar-refractivity contribution in [2.75, 3.05) is 6.54 Å². The highest BCUT2D eigenvalue weighted by molar-refractivity contribution is 4.96. The number of aromatic nitrogens is 2. The van der Waals surface area contributed by atoms with Crippen LogP contribution < -0.4 is 5.73 Å². The normalized spacial score (nSPS) is 27.6. The molecule has 1 saturated carbocycles. The Labute approximate surface area is 117 Å². The summed E-state index contributed by atoms with van der Waals surface area (Å²) >= 11 is 0. The van der Waals surface area contributed by atoms with E-state index in [1.165, 1.54) is 37.9 Å². The van der Waals surface area contributed by atoms with Gasteiger partial charge in [-0.1, -0.05) is 26.2 Å². The molecule has 3 nitrogen and oxygen atoms in total. The summed E-state index contributed by atoms with van der Waals surface area (Å²) in [5.41, 5.74) is 5.99. The summed E-state index contributed by atoms with van der Waals surface area (Å²) < 4.78 is 2.27. The molecule has 19 heavy (non-hydrogen) atoms. The standard InChI is InChI=1S/C16H29N3/c1-3-5-13-6-7-14(12-17)15(10-13)11-16-18-8-9-19(16)4-2/h8-9,13-15H,3-7,10-12,17H2,1-2H3. The van der Waals surface area contributed by atoms with Crippen LogP contribution in [0.25, 0.3) is 0 Å². The highest BCUT2D eigenvalue weighted by Gasteiger charge is 2.30. The van der Waals surface area contributed by atoms with Gasteiger partial charge in [-0.2, -0.15) is 0 Å². The average molecular weight is 263 g/mol. The second-order valence-corrected chi connectivity index (χ2v) is 6.06. The van der Waals surface area contributed by atoms with E-state index in [0.717, 1.165) is 31.3 Å². The van der Waals surface area contributed by atoms with Gasteiger partial charge in [0.2, 0.25) is 0 Å². The molecule has 0 spiro atoms. The quantitative estimate of drug-likeness (QED) is 0.856. The van der Waals surface area contributed by atoms with E-state index in [1.807, 2.05) is 6.20 Å². The third kappa shape index (κ3) is 3.59. The smallest absolute Gasteiger partial charge is 0.108 e. The van der Waals surface area contributed by atoms with Crippen LogP contribution in [0.2, 0.25) is 0 Å². The Balaban J connectivity index is 2.02. The first-order valence-corrected chi connectivity index (χ1v) is 7.98. The van der Waals surface area contributed by atoms with Crippen molar-refractivity contribution >= 4 is 0 Å². The van der Waals surface area contributed by atoms with Crippen LogP contribution in [-0.4, -0.2) is 16.1 Å². The predicted molar refractivity (Wildman–Crippen MR) is 79.9 cm³/mol. The van der Waals surface area contributed by atoms with Crippen LogP contribution in [0.3, 0.4) is 0 Å². The van der Waals surface area contributed by atoms with Gasteiger partial charge in [0.1, 0.15) is 5.82 Å². The molecule has 0 radical (unpaired) electrons. The van der Waals surface area contributed by atoms with Gasteiger partial charge < -0.3 is 10.3 Å². The first kappa shape index (κ1) is 14.6. The molecule has 0 aromatic carbocycles. The highest BCUT2D eigenvalue weighted by atomic mass is 15.0.